The quantitative estimate of drug-likeness (QED) is 0.768. The number of rotatable bonds is 2. The highest BCUT2D eigenvalue weighted by molar-refractivity contribution is 5.83. The van der Waals surface area contributed by atoms with Crippen LogP contribution >= 0.6 is 0 Å². The Morgan fingerprint density at radius 1 is 0.917 bits per heavy atom. The van der Waals surface area contributed by atoms with Crippen molar-refractivity contribution < 1.29 is 0 Å². The van der Waals surface area contributed by atoms with E-state index in [2.05, 4.69) is 58.7 Å². The molecule has 5 nitrogen and oxygen atoms in total. The molecule has 0 atom stereocenters. The van der Waals surface area contributed by atoms with Crippen molar-refractivity contribution in [2.45, 2.75) is 46.1 Å². The van der Waals surface area contributed by atoms with Crippen LogP contribution in [-0.2, 0) is 6.54 Å². The van der Waals surface area contributed by atoms with Gasteiger partial charge in [-0.05, 0) is 29.5 Å². The number of pyridine rings is 2. The van der Waals surface area contributed by atoms with Crippen LogP contribution in [0.25, 0.3) is 11.0 Å². The normalized spacial score (nSPS) is 12.6. The monoisotopic (exact) mass is 321 g/mol. The largest absolute Gasteiger partial charge is 0.343 e. The third-order valence-corrected chi connectivity index (χ3v) is 4.05. The summed E-state index contributed by atoms with van der Waals surface area (Å²) >= 11 is 0. The summed E-state index contributed by atoms with van der Waals surface area (Å²) in [4.78, 5) is 20.0. The molecule has 3 aromatic rings. The smallest absolute Gasteiger partial charge is 0.0932 e. The van der Waals surface area contributed by atoms with Crippen LogP contribution in [0.1, 0.15) is 62.0 Å². The molecule has 0 unspecified atom stereocenters. The lowest BCUT2D eigenvalue weighted by molar-refractivity contribution is 0.818. The van der Waals surface area contributed by atoms with Crippen molar-refractivity contribution in [2.75, 3.05) is 0 Å². The van der Waals surface area contributed by atoms with Gasteiger partial charge in [0.15, 0.2) is 0 Å². The molecule has 1 aliphatic rings. The highest BCUT2D eigenvalue weighted by Crippen LogP contribution is 2.18. The number of aromatic amines is 1. The molecule has 1 aliphatic heterocycles. The van der Waals surface area contributed by atoms with E-state index in [4.69, 9.17) is 0 Å². The molecule has 1 N–H and O–H groups in total. The molecule has 0 amide bonds. The molecule has 0 saturated carbocycles. The first-order chi connectivity index (χ1) is 11.5. The first kappa shape index (κ1) is 16.3. The molecular formula is C19H23N5. The van der Waals surface area contributed by atoms with Crippen LogP contribution in [0.4, 0.5) is 0 Å². The van der Waals surface area contributed by atoms with Crippen molar-refractivity contribution >= 4 is 17.2 Å². The third kappa shape index (κ3) is 3.50. The highest BCUT2D eigenvalue weighted by Gasteiger charge is 2.09. The first-order valence-corrected chi connectivity index (χ1v) is 8.32. The Balaban J connectivity index is 0.000000141. The number of aliphatic imine (C=N–C) groups is 1. The molecule has 0 fully saturated rings. The molecule has 0 aromatic carbocycles. The van der Waals surface area contributed by atoms with E-state index in [9.17, 15) is 0 Å². The molecule has 0 saturated heterocycles. The predicted octanol–water partition coefficient (Wildman–Crippen LogP) is 4.22. The Kier molecular flexibility index (Phi) is 4.69. The number of fused-ring (bicyclic) bond motifs is 2. The van der Waals surface area contributed by atoms with Gasteiger partial charge in [0.1, 0.15) is 0 Å². The standard InChI is InChI=1S/C10H12N2.C9H11N3/c1-7(2)10-3-8-4-11-5-9(8)6-12-10;1-6(2)7-3-8-9(4-10-7)12-5-11-8/h3,5-7H,4H2,1-2H3;3-6H,1-2H3,(H,11,12). The molecule has 0 spiro atoms. The number of hydrogen-bond acceptors (Lipinski definition) is 4. The molecule has 4 heterocycles. The number of aromatic nitrogens is 4. The maximum atomic E-state index is 4.36. The lowest BCUT2D eigenvalue weighted by Crippen LogP contribution is -1.95. The van der Waals surface area contributed by atoms with E-state index in [1.807, 2.05) is 24.7 Å². The summed E-state index contributed by atoms with van der Waals surface area (Å²) in [5.74, 6) is 0.974. The Labute approximate surface area is 142 Å². The van der Waals surface area contributed by atoms with Gasteiger partial charge in [-0.2, -0.15) is 0 Å². The zero-order valence-electron chi connectivity index (χ0n) is 14.6. The molecule has 3 aromatic heterocycles. The summed E-state index contributed by atoms with van der Waals surface area (Å²) in [6.07, 6.45) is 7.34. The predicted molar refractivity (Wildman–Crippen MR) is 97.6 cm³/mol. The number of H-pyrrole nitrogens is 1. The average molecular weight is 321 g/mol. The molecule has 5 heteroatoms. The van der Waals surface area contributed by atoms with Gasteiger partial charge in [-0.15, -0.1) is 0 Å². The summed E-state index contributed by atoms with van der Waals surface area (Å²) in [6, 6.07) is 4.18. The van der Waals surface area contributed by atoms with Crippen molar-refractivity contribution in [3.63, 3.8) is 0 Å². The molecule has 0 aliphatic carbocycles. The molecule has 24 heavy (non-hydrogen) atoms. The minimum Gasteiger partial charge on any atom is -0.343 e. The lowest BCUT2D eigenvalue weighted by Gasteiger charge is -2.05. The minimum absolute atomic E-state index is 0.464. The van der Waals surface area contributed by atoms with Gasteiger partial charge in [0, 0.05) is 29.4 Å². The fraction of sp³-hybridized carbons (Fsp3) is 0.368. The maximum absolute atomic E-state index is 4.36. The fourth-order valence-electron chi connectivity index (χ4n) is 2.50. The highest BCUT2D eigenvalue weighted by atomic mass is 14.9. The van der Waals surface area contributed by atoms with Crippen molar-refractivity contribution in [1.82, 2.24) is 19.9 Å². The van der Waals surface area contributed by atoms with E-state index in [-0.39, 0.29) is 0 Å². The van der Waals surface area contributed by atoms with E-state index in [1.165, 1.54) is 16.8 Å². The number of hydrogen-bond donors (Lipinski definition) is 1. The van der Waals surface area contributed by atoms with Crippen LogP contribution in [0.3, 0.4) is 0 Å². The van der Waals surface area contributed by atoms with Crippen LogP contribution in [0.2, 0.25) is 0 Å². The van der Waals surface area contributed by atoms with Gasteiger partial charge in [-0.1, -0.05) is 27.7 Å². The van der Waals surface area contributed by atoms with Gasteiger partial charge >= 0.3 is 0 Å². The van der Waals surface area contributed by atoms with Gasteiger partial charge in [-0.25, -0.2) is 4.98 Å². The third-order valence-electron chi connectivity index (χ3n) is 4.05. The van der Waals surface area contributed by atoms with Crippen LogP contribution in [-0.4, -0.2) is 26.2 Å². The van der Waals surface area contributed by atoms with E-state index in [0.29, 0.717) is 11.8 Å². The summed E-state index contributed by atoms with van der Waals surface area (Å²) < 4.78 is 0. The molecule has 0 bridgehead atoms. The van der Waals surface area contributed by atoms with E-state index in [0.717, 1.165) is 23.3 Å². The SMILES string of the molecule is CC(C)c1cc2c(cn1)C=NC2.CC(C)c1cc2nc[nH]c2cn1. The van der Waals surface area contributed by atoms with Gasteiger partial charge in [-0.3, -0.25) is 15.0 Å². The van der Waals surface area contributed by atoms with Gasteiger partial charge in [0.2, 0.25) is 0 Å². The van der Waals surface area contributed by atoms with Crippen LogP contribution in [0, 0.1) is 0 Å². The Morgan fingerprint density at radius 3 is 2.38 bits per heavy atom. The zero-order valence-corrected chi connectivity index (χ0v) is 14.6. The second-order valence-corrected chi connectivity index (χ2v) is 6.62. The second-order valence-electron chi connectivity index (χ2n) is 6.62. The molecule has 124 valence electrons. The minimum atomic E-state index is 0.464. The molecule has 0 radical (unpaired) electrons. The summed E-state index contributed by atoms with van der Waals surface area (Å²) in [7, 11) is 0. The van der Waals surface area contributed by atoms with Gasteiger partial charge < -0.3 is 4.98 Å². The van der Waals surface area contributed by atoms with Gasteiger partial charge in [0.05, 0.1) is 30.1 Å². The van der Waals surface area contributed by atoms with Crippen molar-refractivity contribution in [1.29, 1.82) is 0 Å². The van der Waals surface area contributed by atoms with E-state index >= 15 is 0 Å². The van der Waals surface area contributed by atoms with Gasteiger partial charge in [0.25, 0.3) is 0 Å². The Hall–Kier alpha value is -2.56. The number of imidazole rings is 1. The summed E-state index contributed by atoms with van der Waals surface area (Å²) in [6.45, 7) is 9.40. The second kappa shape index (κ2) is 6.91. The maximum Gasteiger partial charge on any atom is 0.0932 e. The Bertz CT molecular complexity index is 861. The fourth-order valence-corrected chi connectivity index (χ4v) is 2.50. The van der Waals surface area contributed by atoms with Crippen LogP contribution < -0.4 is 0 Å². The number of nitrogens with zero attached hydrogens (tertiary/aromatic N) is 4. The van der Waals surface area contributed by atoms with Crippen molar-refractivity contribution in [3.8, 4) is 0 Å². The summed E-state index contributed by atoms with van der Waals surface area (Å²) in [5.41, 5.74) is 6.75. The summed E-state index contributed by atoms with van der Waals surface area (Å²) in [5, 5.41) is 0. The first-order valence-electron chi connectivity index (χ1n) is 8.32. The van der Waals surface area contributed by atoms with Crippen LogP contribution in [0.5, 0.6) is 0 Å². The van der Waals surface area contributed by atoms with Crippen molar-refractivity contribution in [3.05, 3.63) is 53.4 Å². The Morgan fingerprint density at radius 2 is 1.62 bits per heavy atom. The molecule has 4 rings (SSSR count). The topological polar surface area (TPSA) is 66.8 Å². The lowest BCUT2D eigenvalue weighted by atomic mass is 10.1. The average Bonchev–Trinajstić information content (AvgIpc) is 3.22. The number of nitrogens with one attached hydrogen (secondary N) is 1. The van der Waals surface area contributed by atoms with Crippen LogP contribution in [0.15, 0.2) is 35.8 Å². The zero-order chi connectivity index (χ0) is 17.1. The van der Waals surface area contributed by atoms with E-state index in [1.54, 1.807) is 6.33 Å². The van der Waals surface area contributed by atoms with Crippen molar-refractivity contribution in [2.24, 2.45) is 4.99 Å². The van der Waals surface area contributed by atoms with E-state index < -0.39 is 0 Å². The molecular weight excluding hydrogens is 298 g/mol.